The maximum Gasteiger partial charge on any atom is 0.303 e. The Morgan fingerprint density at radius 3 is 2.40 bits per heavy atom. The second-order valence-electron chi connectivity index (χ2n) is 22.6. The van der Waals surface area contributed by atoms with Crippen LogP contribution in [0.2, 0.25) is 0 Å². The minimum atomic E-state index is -1.69. The van der Waals surface area contributed by atoms with Crippen LogP contribution in [0.5, 0.6) is 5.75 Å². The fourth-order valence-corrected chi connectivity index (χ4v) is 12.9. The van der Waals surface area contributed by atoms with Crippen molar-refractivity contribution in [2.75, 3.05) is 6.61 Å². The molecule has 1 saturated heterocycles. The maximum absolute atomic E-state index is 14.1. The smallest absolute Gasteiger partial charge is 0.303 e. The van der Waals surface area contributed by atoms with E-state index in [-0.39, 0.29) is 76.0 Å². The molecule has 0 aromatic heterocycles. The number of unbranched alkanes of at least 4 members (excludes halogenated alkanes) is 1. The number of rotatable bonds is 17. The lowest BCUT2D eigenvalue weighted by Crippen LogP contribution is -2.71. The van der Waals surface area contributed by atoms with Gasteiger partial charge in [0.1, 0.15) is 5.75 Å². The summed E-state index contributed by atoms with van der Waals surface area (Å²) in [6, 6.07) is 16.8. The van der Waals surface area contributed by atoms with Crippen molar-refractivity contribution in [3.05, 3.63) is 135 Å². The first-order chi connectivity index (χ1) is 36.9. The molecule has 5 aliphatic rings. The molecule has 6 bridgehead atoms. The van der Waals surface area contributed by atoms with E-state index in [2.05, 4.69) is 35.5 Å². The predicted octanol–water partition coefficient (Wildman–Crippen LogP) is 6.17. The lowest BCUT2D eigenvalue weighted by Gasteiger charge is -2.54. The first-order valence-corrected chi connectivity index (χ1v) is 28.2. The number of aliphatic carboxylic acids is 2. The molecular weight excluding hydrogens is 977 g/mol. The number of carboxylic acids is 2. The van der Waals surface area contributed by atoms with Gasteiger partial charge in [0.05, 0.1) is 60.6 Å². The monoisotopic (exact) mass is 1060 g/mol. The van der Waals surface area contributed by atoms with Gasteiger partial charge < -0.3 is 61.7 Å². The third kappa shape index (κ3) is 14.7. The minimum absolute atomic E-state index is 0.0541. The number of hydrogen-bond donors (Lipinski definition) is 12. The molecule has 1 fully saturated rings. The topological polar surface area (TPSA) is 260 Å². The fraction of sp³-hybridized carbons (Fsp3) is 0.556. The van der Waals surface area contributed by atoms with Crippen molar-refractivity contribution in [2.45, 2.75) is 196 Å². The predicted molar refractivity (Wildman–Crippen MR) is 296 cm³/mol. The summed E-state index contributed by atoms with van der Waals surface area (Å²) < 4.78 is 0. The Bertz CT molecular complexity index is 2640. The highest BCUT2D eigenvalue weighted by Gasteiger charge is 2.56. The number of aryl methyl sites for hydroxylation is 3. The van der Waals surface area contributed by atoms with Crippen LogP contribution >= 0.6 is 0 Å². The number of nitrogens with one attached hydrogen (secondary N) is 2. The SMILES string of the molecule is CCCC[C@H](O)[C@H](O)/C=C/C1=C(\C[C@H](O)CO)[C@@H]2CC[C@H](O)[C@@H]3N[C@@H](C)CC[C@H]([C@H]3CC(=O)O)[C@H](O)Cc3ccc(cc3CCC(=O)O)C[C@]3(N2)[C@H](C#Cc2c(CC)cccc2CC1)C=CC[C@]3(O)Cc1ccc(O)cc1. The molecular formula is C63H84N2O12. The number of carbonyl (C=O) groups is 2. The third-order valence-electron chi connectivity index (χ3n) is 17.2. The molecule has 0 radical (unpaired) electrons. The van der Waals surface area contributed by atoms with Crippen molar-refractivity contribution < 1.29 is 60.7 Å². The molecule has 4 heterocycles. The molecule has 0 unspecified atom stereocenters. The number of aliphatic hydroxyl groups is 7. The van der Waals surface area contributed by atoms with Crippen LogP contribution in [0.1, 0.15) is 137 Å². The molecule has 0 amide bonds. The summed E-state index contributed by atoms with van der Waals surface area (Å²) in [5.74, 6) is 3.24. The van der Waals surface area contributed by atoms with Crippen molar-refractivity contribution in [3.8, 4) is 17.6 Å². The zero-order valence-electron chi connectivity index (χ0n) is 45.2. The highest BCUT2D eigenvalue weighted by molar-refractivity contribution is 5.67. The van der Waals surface area contributed by atoms with Gasteiger partial charge in [0.25, 0.3) is 0 Å². The van der Waals surface area contributed by atoms with Crippen molar-refractivity contribution in [1.82, 2.24) is 10.6 Å². The van der Waals surface area contributed by atoms with E-state index >= 15 is 0 Å². The summed E-state index contributed by atoms with van der Waals surface area (Å²) in [7, 11) is 0. The zero-order chi connectivity index (χ0) is 55.4. The van der Waals surface area contributed by atoms with Crippen LogP contribution in [0.4, 0.5) is 0 Å². The second kappa shape index (κ2) is 27.1. The lowest BCUT2D eigenvalue weighted by molar-refractivity contribution is -0.140. The van der Waals surface area contributed by atoms with E-state index in [1.807, 2.05) is 56.3 Å². The normalized spacial score (nSPS) is 30.1. The van der Waals surface area contributed by atoms with Gasteiger partial charge in [-0.15, -0.1) is 0 Å². The van der Waals surface area contributed by atoms with Gasteiger partial charge in [-0.2, -0.15) is 0 Å². The summed E-state index contributed by atoms with van der Waals surface area (Å²) in [5, 5.41) is 123. The summed E-state index contributed by atoms with van der Waals surface area (Å²) in [4.78, 5) is 25.2. The van der Waals surface area contributed by atoms with Crippen molar-refractivity contribution in [1.29, 1.82) is 0 Å². The molecule has 4 aliphatic heterocycles. The first-order valence-electron chi connectivity index (χ1n) is 28.2. The summed E-state index contributed by atoms with van der Waals surface area (Å²) >= 11 is 0. The fourth-order valence-electron chi connectivity index (χ4n) is 12.9. The van der Waals surface area contributed by atoms with Crippen LogP contribution < -0.4 is 10.6 Å². The van der Waals surface area contributed by atoms with Gasteiger partial charge in [-0.25, -0.2) is 0 Å². The largest absolute Gasteiger partial charge is 0.508 e. The zero-order valence-corrected chi connectivity index (χ0v) is 45.2. The van der Waals surface area contributed by atoms with E-state index in [9.17, 15) is 60.7 Å². The van der Waals surface area contributed by atoms with Gasteiger partial charge in [0.2, 0.25) is 0 Å². The van der Waals surface area contributed by atoms with Crippen LogP contribution in [-0.2, 0) is 48.1 Å². The van der Waals surface area contributed by atoms with E-state index in [0.29, 0.717) is 67.2 Å². The summed E-state index contributed by atoms with van der Waals surface area (Å²) in [5.41, 5.74) is 3.83. The molecule has 8 rings (SSSR count). The van der Waals surface area contributed by atoms with Gasteiger partial charge in [0, 0.05) is 36.5 Å². The van der Waals surface area contributed by atoms with Crippen LogP contribution in [0.15, 0.2) is 96.1 Å². The molecule has 3 aromatic rings. The maximum atomic E-state index is 14.1. The number of aromatic hydroxyl groups is 1. The highest BCUT2D eigenvalue weighted by atomic mass is 16.4. The number of allylic oxidation sites excluding steroid dienone is 2. The number of aliphatic hydroxyl groups excluding tert-OH is 6. The molecule has 14 heteroatoms. The summed E-state index contributed by atoms with van der Waals surface area (Å²) in [6.45, 7) is 5.46. The molecule has 1 spiro atoms. The Balaban J connectivity index is 1.58. The van der Waals surface area contributed by atoms with Crippen molar-refractivity contribution in [3.63, 3.8) is 0 Å². The van der Waals surface area contributed by atoms with Gasteiger partial charge in [-0.05, 0) is 159 Å². The van der Waals surface area contributed by atoms with Gasteiger partial charge in [0.15, 0.2) is 0 Å². The number of phenols is 1. The Labute approximate surface area is 454 Å². The molecule has 77 heavy (non-hydrogen) atoms. The first kappa shape index (κ1) is 59.5. The molecule has 418 valence electrons. The Morgan fingerprint density at radius 1 is 0.909 bits per heavy atom. The average molecular weight is 1060 g/mol. The number of benzene rings is 3. The standard InChI is InChI=1S/C63H84N2O12/c1-4-6-12-55(69)56(70)28-20-44-19-18-43-10-7-9-42(5-2)50(43)26-22-47-11-8-31-62(77,36-40-15-23-48(67)24-16-40)63(47)37-41-14-17-46(45(32-41)21-30-59(73)74)33-58(72)51-25-13-39(3)64-61(53(51)35-60(75)76)57(71)29-27-54(65-63)52(44)34-49(68)38-66/h7-11,14-17,20,23-24,28,32,39,47,49,51,53-58,61,64-72,77H,4-6,12-13,18-19,21,25,27,29-31,33-38H2,1-3H3,(H,73,74)(H,75,76)/b28-20+,52-44+/t39-,47-,49-,51+,53+,54-,55-,56+,57-,58+,61+,62-,63-/m0/s1. The Morgan fingerprint density at radius 2 is 1.69 bits per heavy atom. The molecule has 1 aliphatic carbocycles. The second-order valence-corrected chi connectivity index (χ2v) is 22.6. The molecule has 13 atom stereocenters. The van der Waals surface area contributed by atoms with E-state index < -0.39 is 90.0 Å². The van der Waals surface area contributed by atoms with Gasteiger partial charge >= 0.3 is 11.9 Å². The highest BCUT2D eigenvalue weighted by Crippen LogP contribution is 2.46. The Kier molecular flexibility index (Phi) is 21.0. The molecule has 3 aromatic carbocycles. The van der Waals surface area contributed by atoms with Crippen LogP contribution in [0, 0.1) is 29.6 Å². The average Bonchev–Trinajstić information content (AvgIpc) is 3.57. The van der Waals surface area contributed by atoms with Gasteiger partial charge in [-0.1, -0.05) is 111 Å². The van der Waals surface area contributed by atoms with Crippen molar-refractivity contribution in [2.24, 2.45) is 17.8 Å². The Hall–Kier alpha value is -5.18. The van der Waals surface area contributed by atoms with Gasteiger partial charge in [-0.3, -0.25) is 9.59 Å². The molecule has 12 N–H and O–H groups in total. The number of fused-ring (bicyclic) bond motifs is 6. The van der Waals surface area contributed by atoms with Crippen LogP contribution in [0.25, 0.3) is 0 Å². The van der Waals surface area contributed by atoms with Crippen molar-refractivity contribution >= 4 is 11.9 Å². The number of hydrogen-bond acceptors (Lipinski definition) is 12. The molecule has 0 saturated carbocycles. The summed E-state index contributed by atoms with van der Waals surface area (Å²) in [6.07, 6.45) is 6.12. The minimum Gasteiger partial charge on any atom is -0.508 e. The van der Waals surface area contributed by atoms with E-state index in [1.54, 1.807) is 36.4 Å². The van der Waals surface area contributed by atoms with E-state index in [4.69, 9.17) is 0 Å². The van der Waals surface area contributed by atoms with E-state index in [0.717, 1.165) is 34.2 Å². The third-order valence-corrected chi connectivity index (χ3v) is 17.2. The van der Waals surface area contributed by atoms with E-state index in [1.165, 1.54) is 0 Å². The quantitative estimate of drug-likeness (QED) is 0.0533. The number of phenolic OH excluding ortho intramolecular Hbond substituents is 1. The number of carboxylic acid groups (broad SMARTS) is 2. The van der Waals surface area contributed by atoms with Crippen LogP contribution in [0.3, 0.4) is 0 Å². The molecule has 14 nitrogen and oxygen atoms in total. The lowest BCUT2D eigenvalue weighted by atomic mass is 9.60. The van der Waals surface area contributed by atoms with Crippen LogP contribution in [-0.4, -0.2) is 129 Å².